The number of alkyl halides is 3. The summed E-state index contributed by atoms with van der Waals surface area (Å²) in [6, 6.07) is 19.2. The van der Waals surface area contributed by atoms with Crippen LogP contribution >= 0.6 is 12.0 Å². The second-order valence-electron chi connectivity index (χ2n) is 4.44. The Morgan fingerprint density at radius 1 is 1.00 bits per heavy atom. The first kappa shape index (κ1) is 21.8. The maximum absolute atomic E-state index is 10.7. The van der Waals surface area contributed by atoms with Gasteiger partial charge in [-0.25, -0.2) is 8.42 Å². The first-order chi connectivity index (χ1) is 11.6. The predicted molar refractivity (Wildman–Crippen MR) is 91.3 cm³/mol. The predicted octanol–water partition coefficient (Wildman–Crippen LogP) is 4.06. The van der Waals surface area contributed by atoms with E-state index in [1.165, 1.54) is 21.8 Å². The average Bonchev–Trinajstić information content (AvgIpc) is 2.55. The van der Waals surface area contributed by atoms with E-state index in [2.05, 4.69) is 60.9 Å². The van der Waals surface area contributed by atoms with Gasteiger partial charge in [0.05, 0.1) is 18.0 Å². The van der Waals surface area contributed by atoms with Crippen molar-refractivity contribution in [3.63, 3.8) is 0 Å². The minimum absolute atomic E-state index is 0.141. The van der Waals surface area contributed by atoms with Crippen LogP contribution in [-0.2, 0) is 25.2 Å². The van der Waals surface area contributed by atoms with E-state index in [9.17, 15) is 13.2 Å². The van der Waals surface area contributed by atoms with Crippen molar-refractivity contribution in [3.05, 3.63) is 54.6 Å². The highest BCUT2D eigenvalue weighted by atomic mass is 32.2. The molecule has 0 N–H and O–H groups in total. The van der Waals surface area contributed by atoms with Crippen molar-refractivity contribution in [1.82, 2.24) is 0 Å². The first-order valence-electron chi connectivity index (χ1n) is 6.60. The quantitative estimate of drug-likeness (QED) is 0.328. The molecule has 1 atom stereocenters. The Morgan fingerprint density at radius 3 is 1.84 bits per heavy atom. The van der Waals surface area contributed by atoms with Gasteiger partial charge in [0.15, 0.2) is 19.9 Å². The van der Waals surface area contributed by atoms with Crippen LogP contribution in [0, 0.1) is 0 Å². The molecular formula is C15H15F3O4S3. The van der Waals surface area contributed by atoms with Crippen molar-refractivity contribution in [2.75, 3.05) is 13.4 Å². The second kappa shape index (κ2) is 9.48. The average molecular weight is 412 g/mol. The maximum atomic E-state index is 10.7. The lowest BCUT2D eigenvalue weighted by Gasteiger charge is -2.08. The number of hydrogen-bond acceptors (Lipinski definition) is 5. The summed E-state index contributed by atoms with van der Waals surface area (Å²) in [6.45, 7) is 0. The van der Waals surface area contributed by atoms with Gasteiger partial charge >= 0.3 is 5.51 Å². The molecule has 10 heteroatoms. The summed E-state index contributed by atoms with van der Waals surface area (Å²) in [5.41, 5.74) is -5.65. The molecule has 0 amide bonds. The fourth-order valence-corrected chi connectivity index (χ4v) is 3.38. The summed E-state index contributed by atoms with van der Waals surface area (Å²) >= 11 is 1.39. The summed E-state index contributed by atoms with van der Waals surface area (Å²) < 4.78 is 63.9. The molecule has 0 aliphatic heterocycles. The Balaban J connectivity index is 0.000000333. The number of hydrogen-bond donors (Lipinski definition) is 0. The van der Waals surface area contributed by atoms with Crippen molar-refractivity contribution in [1.29, 1.82) is 0 Å². The van der Waals surface area contributed by atoms with Gasteiger partial charge in [-0.05, 0) is 36.4 Å². The van der Waals surface area contributed by atoms with Crippen LogP contribution in [0.25, 0.3) is 0 Å². The third kappa shape index (κ3) is 7.28. The molecule has 2 aromatic rings. The molecule has 2 rings (SSSR count). The van der Waals surface area contributed by atoms with Crippen LogP contribution in [0.3, 0.4) is 0 Å². The van der Waals surface area contributed by atoms with Crippen molar-refractivity contribution in [3.8, 4) is 0 Å². The lowest BCUT2D eigenvalue weighted by molar-refractivity contribution is -0.0517. The zero-order valence-corrected chi connectivity index (χ0v) is 15.6. The number of benzene rings is 2. The molecule has 2 aromatic carbocycles. The van der Waals surface area contributed by atoms with E-state index in [-0.39, 0.29) is 10.9 Å². The van der Waals surface area contributed by atoms with Gasteiger partial charge in [0, 0.05) is 16.9 Å². The van der Waals surface area contributed by atoms with Crippen LogP contribution < -0.4 is 0 Å². The van der Waals surface area contributed by atoms with E-state index in [1.54, 1.807) is 7.11 Å². The summed E-state index contributed by atoms with van der Waals surface area (Å²) in [6.07, 6.45) is 2.26. The third-order valence-corrected chi connectivity index (χ3v) is 5.89. The minimum atomic E-state index is -6.09. The normalized spacial score (nSPS) is 12.9. The summed E-state index contributed by atoms with van der Waals surface area (Å²) in [5.74, 6) is 0. The lowest BCUT2D eigenvalue weighted by Crippen LogP contribution is -2.21. The van der Waals surface area contributed by atoms with Crippen molar-refractivity contribution >= 4 is 33.1 Å². The van der Waals surface area contributed by atoms with Crippen molar-refractivity contribution in [2.45, 2.75) is 20.2 Å². The molecule has 0 saturated heterocycles. The highest BCUT2D eigenvalue weighted by molar-refractivity contribution is 7.96. The number of halogens is 3. The molecule has 0 heterocycles. The molecule has 0 aliphatic rings. The molecule has 138 valence electrons. The van der Waals surface area contributed by atoms with E-state index >= 15 is 0 Å². The second-order valence-corrected chi connectivity index (χ2v) is 8.75. The summed E-state index contributed by atoms with van der Waals surface area (Å²) in [4.78, 5) is 3.87. The molecule has 4 nitrogen and oxygen atoms in total. The van der Waals surface area contributed by atoms with Gasteiger partial charge < -0.3 is 8.74 Å². The topological polar surface area (TPSA) is 66.4 Å². The van der Waals surface area contributed by atoms with Gasteiger partial charge in [0.25, 0.3) is 0 Å². The van der Waals surface area contributed by atoms with Crippen molar-refractivity contribution in [2.24, 2.45) is 0 Å². The molecule has 25 heavy (non-hydrogen) atoms. The fraction of sp³-hybridized carbons (Fsp3) is 0.200. The molecule has 0 aliphatic carbocycles. The summed E-state index contributed by atoms with van der Waals surface area (Å²) in [5, 5.41) is 0. The zero-order chi connectivity index (χ0) is 19.1. The highest BCUT2D eigenvalue weighted by Crippen LogP contribution is 2.24. The van der Waals surface area contributed by atoms with Crippen LogP contribution in [0.15, 0.2) is 69.3 Å². The van der Waals surface area contributed by atoms with E-state index in [1.807, 2.05) is 0 Å². The molecule has 0 saturated carbocycles. The third-order valence-electron chi connectivity index (χ3n) is 2.74. The lowest BCUT2D eigenvalue weighted by atomic mass is 10.4. The van der Waals surface area contributed by atoms with E-state index < -0.39 is 15.6 Å². The molecule has 0 fully saturated rings. The van der Waals surface area contributed by atoms with Gasteiger partial charge in [-0.15, -0.1) is 0 Å². The molecule has 0 aromatic heterocycles. The molecule has 1 unspecified atom stereocenters. The molecule has 0 radical (unpaired) electrons. The molecule has 0 bridgehead atoms. The van der Waals surface area contributed by atoms with Gasteiger partial charge in [0.1, 0.15) is 6.26 Å². The molecule has 0 spiro atoms. The van der Waals surface area contributed by atoms with E-state index in [0.717, 1.165) is 4.90 Å². The number of rotatable bonds is 4. The Hall–Kier alpha value is -1.20. The van der Waals surface area contributed by atoms with Crippen LogP contribution in [0.5, 0.6) is 0 Å². The Bertz CT molecular complexity index is 748. The monoisotopic (exact) mass is 412 g/mol. The van der Waals surface area contributed by atoms with Crippen molar-refractivity contribution < 1.29 is 30.3 Å². The fourth-order valence-electron chi connectivity index (χ4n) is 1.56. The highest BCUT2D eigenvalue weighted by Gasteiger charge is 2.36. The van der Waals surface area contributed by atoms with Gasteiger partial charge in [0.2, 0.25) is 0 Å². The smallest absolute Gasteiger partial charge is 0.485 e. The van der Waals surface area contributed by atoms with E-state index in [0.29, 0.717) is 0 Å². The Labute approximate surface area is 151 Å². The SMILES string of the molecule is COSc1ccc([S+](C)c2ccccc2)cc1.O=S(=O)([O-])C(F)(F)F. The Morgan fingerprint density at radius 2 is 1.44 bits per heavy atom. The van der Waals surface area contributed by atoms with E-state index in [4.69, 9.17) is 17.2 Å². The van der Waals surface area contributed by atoms with Crippen LogP contribution in [-0.4, -0.2) is 31.8 Å². The summed E-state index contributed by atoms with van der Waals surface area (Å²) in [7, 11) is -4.26. The first-order valence-corrected chi connectivity index (χ1v) is 10.4. The zero-order valence-electron chi connectivity index (χ0n) is 13.2. The van der Waals surface area contributed by atoms with Crippen LogP contribution in [0.1, 0.15) is 0 Å². The standard InChI is InChI=1S/C14H15OS2.CHF3O3S/c1-15-16-12-8-10-14(11-9-12)17(2)13-6-4-3-5-7-13;2-1(3,4)8(5,6)7/h3-11H,1-2H3;(H,5,6,7)/q+1;/p-1. The minimum Gasteiger partial charge on any atom is -0.741 e. The molecular weight excluding hydrogens is 397 g/mol. The van der Waals surface area contributed by atoms with Crippen LogP contribution in [0.4, 0.5) is 13.2 Å². The van der Waals surface area contributed by atoms with Gasteiger partial charge in [-0.1, -0.05) is 18.2 Å². The maximum Gasteiger partial charge on any atom is 0.485 e. The Kier molecular flexibility index (Phi) is 8.29. The van der Waals surface area contributed by atoms with Gasteiger partial charge in [-0.3, -0.25) is 0 Å². The van der Waals surface area contributed by atoms with Gasteiger partial charge in [-0.2, -0.15) is 13.2 Å². The largest absolute Gasteiger partial charge is 0.741 e. The van der Waals surface area contributed by atoms with Crippen LogP contribution in [0.2, 0.25) is 0 Å².